The van der Waals surface area contributed by atoms with Crippen molar-refractivity contribution < 1.29 is 4.74 Å². The van der Waals surface area contributed by atoms with Gasteiger partial charge in [0.1, 0.15) is 6.10 Å². The number of ether oxygens (including phenoxy) is 1. The number of hydrogen-bond acceptors (Lipinski definition) is 4. The number of rotatable bonds is 3. The molecule has 5 heteroatoms. The van der Waals surface area contributed by atoms with Gasteiger partial charge in [0.25, 0.3) is 0 Å². The lowest BCUT2D eigenvalue weighted by Gasteiger charge is -2.18. The van der Waals surface area contributed by atoms with Gasteiger partial charge >= 0.3 is 6.01 Å². The second-order valence-corrected chi connectivity index (χ2v) is 5.01. The summed E-state index contributed by atoms with van der Waals surface area (Å²) in [5.74, 6) is 0.466. The van der Waals surface area contributed by atoms with E-state index in [4.69, 9.17) is 10.5 Å². The zero-order valence-electron chi connectivity index (χ0n) is 8.40. The lowest BCUT2D eigenvalue weighted by molar-refractivity contribution is 0.148. The van der Waals surface area contributed by atoms with Crippen LogP contribution in [-0.4, -0.2) is 22.6 Å². The van der Waals surface area contributed by atoms with Crippen LogP contribution in [0.2, 0.25) is 0 Å². The van der Waals surface area contributed by atoms with E-state index in [1.54, 1.807) is 12.4 Å². The van der Waals surface area contributed by atoms with Gasteiger partial charge in [0.2, 0.25) is 0 Å². The van der Waals surface area contributed by atoms with E-state index in [-0.39, 0.29) is 6.10 Å². The molecular formula is C10H14IN3O. The summed E-state index contributed by atoms with van der Waals surface area (Å²) >= 11 is 2.17. The molecule has 1 aliphatic carbocycles. The van der Waals surface area contributed by atoms with Crippen LogP contribution in [-0.2, 0) is 0 Å². The van der Waals surface area contributed by atoms with Gasteiger partial charge in [0, 0.05) is 21.9 Å². The molecule has 0 saturated heterocycles. The fraction of sp³-hybridized carbons (Fsp3) is 0.600. The van der Waals surface area contributed by atoms with Gasteiger partial charge in [0.05, 0.1) is 0 Å². The Hall–Kier alpha value is -0.430. The van der Waals surface area contributed by atoms with Crippen LogP contribution in [0.3, 0.4) is 0 Å². The maximum absolute atomic E-state index is 5.73. The summed E-state index contributed by atoms with van der Waals surface area (Å²) in [6.45, 7) is 0.690. The first-order chi connectivity index (χ1) is 7.29. The summed E-state index contributed by atoms with van der Waals surface area (Å²) in [6, 6.07) is 0.473. The van der Waals surface area contributed by atoms with Gasteiger partial charge in [-0.1, -0.05) is 0 Å². The second-order valence-electron chi connectivity index (χ2n) is 3.77. The molecule has 0 radical (unpaired) electrons. The molecule has 82 valence electrons. The van der Waals surface area contributed by atoms with Gasteiger partial charge in [-0.05, 0) is 48.4 Å². The number of halogens is 1. The molecule has 1 aromatic heterocycles. The van der Waals surface area contributed by atoms with E-state index in [0.717, 1.165) is 16.4 Å². The first-order valence-electron chi connectivity index (χ1n) is 5.14. The van der Waals surface area contributed by atoms with Gasteiger partial charge in [0.15, 0.2) is 0 Å². The van der Waals surface area contributed by atoms with Crippen LogP contribution >= 0.6 is 22.6 Å². The second kappa shape index (κ2) is 5.07. The Morgan fingerprint density at radius 2 is 2.13 bits per heavy atom. The molecular weight excluding hydrogens is 305 g/mol. The fourth-order valence-electron chi connectivity index (χ4n) is 1.92. The number of nitrogens with zero attached hydrogens (tertiary/aromatic N) is 2. The summed E-state index contributed by atoms with van der Waals surface area (Å²) in [5, 5.41) is 0. The van der Waals surface area contributed by atoms with Gasteiger partial charge in [-0.3, -0.25) is 0 Å². The van der Waals surface area contributed by atoms with Crippen LogP contribution < -0.4 is 10.5 Å². The summed E-state index contributed by atoms with van der Waals surface area (Å²) in [5.41, 5.74) is 5.68. The minimum absolute atomic E-state index is 0.204. The predicted molar refractivity (Wildman–Crippen MR) is 65.6 cm³/mol. The van der Waals surface area contributed by atoms with Crippen molar-refractivity contribution in [2.24, 2.45) is 11.7 Å². The first kappa shape index (κ1) is 11.1. The topological polar surface area (TPSA) is 61.0 Å². The molecule has 2 N–H and O–H groups in total. The molecule has 1 heterocycles. The highest BCUT2D eigenvalue weighted by atomic mass is 127. The van der Waals surface area contributed by atoms with Crippen molar-refractivity contribution >= 4 is 22.6 Å². The summed E-state index contributed by atoms with van der Waals surface area (Å²) in [7, 11) is 0. The lowest BCUT2D eigenvalue weighted by atomic mass is 10.1. The van der Waals surface area contributed by atoms with Crippen molar-refractivity contribution in [2.45, 2.75) is 25.4 Å². The monoisotopic (exact) mass is 319 g/mol. The first-order valence-corrected chi connectivity index (χ1v) is 6.21. The van der Waals surface area contributed by atoms with Gasteiger partial charge in [-0.25, -0.2) is 9.97 Å². The van der Waals surface area contributed by atoms with E-state index in [1.807, 2.05) is 0 Å². The van der Waals surface area contributed by atoms with Crippen molar-refractivity contribution in [3.8, 4) is 6.01 Å². The molecule has 2 atom stereocenters. The van der Waals surface area contributed by atoms with E-state index in [9.17, 15) is 0 Å². The van der Waals surface area contributed by atoms with Crippen LogP contribution in [0.4, 0.5) is 0 Å². The molecule has 0 aromatic carbocycles. The Morgan fingerprint density at radius 1 is 1.40 bits per heavy atom. The molecule has 2 unspecified atom stereocenters. The number of hydrogen-bond donors (Lipinski definition) is 1. The number of nitrogens with two attached hydrogens (primary N) is 1. The molecule has 0 amide bonds. The van der Waals surface area contributed by atoms with Crippen molar-refractivity contribution in [1.29, 1.82) is 0 Å². The van der Waals surface area contributed by atoms with Crippen LogP contribution in [0.1, 0.15) is 19.3 Å². The Kier molecular flexibility index (Phi) is 3.74. The third-order valence-electron chi connectivity index (χ3n) is 2.75. The fourth-order valence-corrected chi connectivity index (χ4v) is 2.20. The third-order valence-corrected chi connectivity index (χ3v) is 3.30. The van der Waals surface area contributed by atoms with Crippen molar-refractivity contribution in [3.63, 3.8) is 0 Å². The Bertz CT molecular complexity index is 317. The quantitative estimate of drug-likeness (QED) is 0.860. The van der Waals surface area contributed by atoms with Gasteiger partial charge in [-0.2, -0.15) is 0 Å². The molecule has 0 bridgehead atoms. The average molecular weight is 319 g/mol. The Morgan fingerprint density at radius 3 is 2.80 bits per heavy atom. The highest BCUT2D eigenvalue weighted by molar-refractivity contribution is 14.1. The van der Waals surface area contributed by atoms with Crippen molar-refractivity contribution in [1.82, 2.24) is 9.97 Å². The van der Waals surface area contributed by atoms with Crippen LogP contribution in [0, 0.1) is 9.49 Å². The normalized spacial score (nSPS) is 25.5. The Labute approximate surface area is 103 Å². The van der Waals surface area contributed by atoms with Crippen LogP contribution in [0.15, 0.2) is 12.4 Å². The van der Waals surface area contributed by atoms with Gasteiger partial charge in [-0.15, -0.1) is 0 Å². The number of aromatic nitrogens is 2. The highest BCUT2D eigenvalue weighted by Crippen LogP contribution is 2.27. The van der Waals surface area contributed by atoms with E-state index in [2.05, 4.69) is 32.6 Å². The molecule has 2 rings (SSSR count). The van der Waals surface area contributed by atoms with Crippen molar-refractivity contribution in [2.75, 3.05) is 6.54 Å². The average Bonchev–Trinajstić information content (AvgIpc) is 2.69. The third kappa shape index (κ3) is 2.78. The van der Waals surface area contributed by atoms with E-state index < -0.39 is 0 Å². The molecule has 4 nitrogen and oxygen atoms in total. The standard InChI is InChI=1S/C10H14IN3O/c11-8-5-13-10(14-6-8)15-9-3-1-2-7(9)4-12/h5-7,9H,1-4,12H2. The molecule has 0 spiro atoms. The Balaban J connectivity index is 1.99. The van der Waals surface area contributed by atoms with E-state index in [1.165, 1.54) is 6.42 Å². The van der Waals surface area contributed by atoms with E-state index in [0.29, 0.717) is 18.5 Å². The van der Waals surface area contributed by atoms with Crippen LogP contribution in [0.5, 0.6) is 6.01 Å². The zero-order chi connectivity index (χ0) is 10.7. The summed E-state index contributed by atoms with van der Waals surface area (Å²) in [6.07, 6.45) is 7.14. The van der Waals surface area contributed by atoms with Crippen molar-refractivity contribution in [3.05, 3.63) is 16.0 Å². The smallest absolute Gasteiger partial charge is 0.316 e. The SMILES string of the molecule is NCC1CCCC1Oc1ncc(I)cn1. The summed E-state index contributed by atoms with van der Waals surface area (Å²) in [4.78, 5) is 8.26. The predicted octanol–water partition coefficient (Wildman–Crippen LogP) is 1.59. The maximum Gasteiger partial charge on any atom is 0.316 e. The molecule has 0 aliphatic heterocycles. The molecule has 1 saturated carbocycles. The minimum atomic E-state index is 0.204. The van der Waals surface area contributed by atoms with E-state index >= 15 is 0 Å². The zero-order valence-corrected chi connectivity index (χ0v) is 10.6. The van der Waals surface area contributed by atoms with Crippen LogP contribution in [0.25, 0.3) is 0 Å². The molecule has 15 heavy (non-hydrogen) atoms. The molecule has 1 fully saturated rings. The largest absolute Gasteiger partial charge is 0.460 e. The highest BCUT2D eigenvalue weighted by Gasteiger charge is 2.28. The minimum Gasteiger partial charge on any atom is -0.460 e. The molecule has 1 aliphatic rings. The summed E-state index contributed by atoms with van der Waals surface area (Å²) < 4.78 is 6.74. The molecule has 1 aromatic rings. The maximum atomic E-state index is 5.73. The van der Waals surface area contributed by atoms with Gasteiger partial charge < -0.3 is 10.5 Å². The lowest BCUT2D eigenvalue weighted by Crippen LogP contribution is -2.28.